The molecule has 1 heterocycles. The van der Waals surface area contributed by atoms with Crippen LogP contribution in [-0.4, -0.2) is 6.61 Å². The fourth-order valence-electron chi connectivity index (χ4n) is 1.54. The molecule has 0 fully saturated rings. The second-order valence-electron chi connectivity index (χ2n) is 3.50. The molecule has 17 heavy (non-hydrogen) atoms. The normalized spacial score (nSPS) is 12.4. The second kappa shape index (κ2) is 5.76. The van der Waals surface area contributed by atoms with E-state index in [-0.39, 0.29) is 5.38 Å². The maximum absolute atomic E-state index is 6.39. The fourth-order valence-corrected chi connectivity index (χ4v) is 3.18. The molecular weight excluding hydrogens is 275 g/mol. The fraction of sp³-hybridized carbons (Fsp3) is 0.231. The van der Waals surface area contributed by atoms with Crippen molar-refractivity contribution in [2.24, 2.45) is 0 Å². The summed E-state index contributed by atoms with van der Waals surface area (Å²) in [6, 6.07) is 9.66. The number of halogens is 2. The van der Waals surface area contributed by atoms with Crippen LogP contribution in [0.5, 0.6) is 5.75 Å². The molecule has 0 spiro atoms. The molecule has 1 nitrogen and oxygen atoms in total. The molecule has 1 atom stereocenters. The Hall–Kier alpha value is -0.700. The molecule has 1 aromatic carbocycles. The highest BCUT2D eigenvalue weighted by molar-refractivity contribution is 7.11. The van der Waals surface area contributed by atoms with E-state index in [9.17, 15) is 0 Å². The predicted molar refractivity (Wildman–Crippen MR) is 74.6 cm³/mol. The van der Waals surface area contributed by atoms with Crippen LogP contribution in [0.3, 0.4) is 0 Å². The van der Waals surface area contributed by atoms with Crippen LogP contribution in [0.1, 0.15) is 22.7 Å². The van der Waals surface area contributed by atoms with E-state index in [4.69, 9.17) is 27.9 Å². The first-order valence-corrected chi connectivity index (χ1v) is 7.01. The average Bonchev–Trinajstić information content (AvgIpc) is 2.76. The van der Waals surface area contributed by atoms with Crippen LogP contribution < -0.4 is 4.74 Å². The highest BCUT2D eigenvalue weighted by atomic mass is 35.5. The zero-order chi connectivity index (χ0) is 12.3. The number of hydrogen-bond donors (Lipinski definition) is 0. The van der Waals surface area contributed by atoms with Gasteiger partial charge in [0.15, 0.2) is 0 Å². The van der Waals surface area contributed by atoms with Gasteiger partial charge in [-0.25, -0.2) is 0 Å². The lowest BCUT2D eigenvalue weighted by molar-refractivity contribution is 0.340. The number of rotatable bonds is 4. The molecule has 0 N–H and O–H groups in total. The molecule has 2 aromatic rings. The van der Waals surface area contributed by atoms with Crippen molar-refractivity contribution in [1.82, 2.24) is 0 Å². The quantitative estimate of drug-likeness (QED) is 0.708. The Balaban J connectivity index is 2.20. The van der Waals surface area contributed by atoms with Crippen molar-refractivity contribution >= 4 is 34.5 Å². The molecule has 0 radical (unpaired) electrons. The van der Waals surface area contributed by atoms with Crippen molar-refractivity contribution in [2.75, 3.05) is 6.61 Å². The molecule has 90 valence electrons. The van der Waals surface area contributed by atoms with Gasteiger partial charge in [0, 0.05) is 4.88 Å². The number of alkyl halides is 1. The van der Waals surface area contributed by atoms with Crippen molar-refractivity contribution in [3.05, 3.63) is 51.2 Å². The summed E-state index contributed by atoms with van der Waals surface area (Å²) in [4.78, 5) is 0.984. The van der Waals surface area contributed by atoms with E-state index in [1.807, 2.05) is 42.6 Å². The number of ether oxygens (including phenoxy) is 1. The van der Waals surface area contributed by atoms with E-state index < -0.39 is 0 Å². The monoisotopic (exact) mass is 286 g/mol. The van der Waals surface area contributed by atoms with Crippen LogP contribution in [0, 0.1) is 0 Å². The Labute approximate surface area is 115 Å². The third-order valence-corrected chi connectivity index (χ3v) is 4.38. The Morgan fingerprint density at radius 2 is 1.94 bits per heavy atom. The Morgan fingerprint density at radius 3 is 2.47 bits per heavy atom. The van der Waals surface area contributed by atoms with Gasteiger partial charge >= 0.3 is 0 Å². The van der Waals surface area contributed by atoms with Gasteiger partial charge in [-0.2, -0.15) is 0 Å². The van der Waals surface area contributed by atoms with E-state index in [1.54, 1.807) is 11.3 Å². The molecule has 0 bridgehead atoms. The number of benzene rings is 1. The minimum Gasteiger partial charge on any atom is -0.494 e. The summed E-state index contributed by atoms with van der Waals surface area (Å²) >= 11 is 14.0. The summed E-state index contributed by atoms with van der Waals surface area (Å²) in [5.41, 5.74) is 1.03. The minimum atomic E-state index is -0.196. The zero-order valence-corrected chi connectivity index (χ0v) is 11.6. The van der Waals surface area contributed by atoms with E-state index in [1.165, 1.54) is 0 Å². The minimum absolute atomic E-state index is 0.196. The van der Waals surface area contributed by atoms with Gasteiger partial charge in [-0.15, -0.1) is 22.9 Å². The van der Waals surface area contributed by atoms with E-state index in [0.29, 0.717) is 6.61 Å². The lowest BCUT2D eigenvalue weighted by Gasteiger charge is -2.10. The van der Waals surface area contributed by atoms with Crippen LogP contribution in [-0.2, 0) is 0 Å². The Kier molecular flexibility index (Phi) is 4.32. The summed E-state index contributed by atoms with van der Waals surface area (Å²) < 4.78 is 5.39. The third-order valence-electron chi connectivity index (χ3n) is 2.36. The molecule has 1 unspecified atom stereocenters. The van der Waals surface area contributed by atoms with Crippen LogP contribution in [0.4, 0.5) is 0 Å². The van der Waals surface area contributed by atoms with Gasteiger partial charge in [0.2, 0.25) is 0 Å². The molecule has 0 aliphatic carbocycles. The van der Waals surface area contributed by atoms with Crippen LogP contribution >= 0.6 is 34.5 Å². The maximum Gasteiger partial charge on any atom is 0.119 e. The lowest BCUT2D eigenvalue weighted by atomic mass is 10.1. The number of hydrogen-bond acceptors (Lipinski definition) is 2. The summed E-state index contributed by atoms with van der Waals surface area (Å²) in [6.45, 7) is 2.63. The first-order valence-electron chi connectivity index (χ1n) is 5.32. The first kappa shape index (κ1) is 12.7. The van der Waals surface area contributed by atoms with Crippen LogP contribution in [0.25, 0.3) is 0 Å². The highest BCUT2D eigenvalue weighted by Gasteiger charge is 2.15. The highest BCUT2D eigenvalue weighted by Crippen LogP contribution is 2.37. The van der Waals surface area contributed by atoms with Crippen molar-refractivity contribution in [1.29, 1.82) is 0 Å². The standard InChI is InChI=1S/C13H12Cl2OS/c1-2-16-10-5-3-9(4-6-10)12(15)13-11(14)7-8-17-13/h3-8,12H,2H2,1H3. The largest absolute Gasteiger partial charge is 0.494 e. The second-order valence-corrected chi connectivity index (χ2v) is 5.29. The summed E-state index contributed by atoms with van der Waals surface area (Å²) in [5, 5.41) is 2.48. The van der Waals surface area contributed by atoms with Crippen molar-refractivity contribution in [3.63, 3.8) is 0 Å². The molecule has 0 saturated heterocycles. The molecule has 0 saturated carbocycles. The predicted octanol–water partition coefficient (Wildman–Crippen LogP) is 5.13. The van der Waals surface area contributed by atoms with E-state index in [2.05, 4.69) is 0 Å². The van der Waals surface area contributed by atoms with Gasteiger partial charge in [-0.1, -0.05) is 23.7 Å². The third kappa shape index (κ3) is 2.95. The van der Waals surface area contributed by atoms with Gasteiger partial charge in [-0.3, -0.25) is 0 Å². The SMILES string of the molecule is CCOc1ccc(C(Cl)c2sccc2Cl)cc1. The van der Waals surface area contributed by atoms with Gasteiger partial charge in [0.05, 0.1) is 17.0 Å². The van der Waals surface area contributed by atoms with Crippen molar-refractivity contribution in [3.8, 4) is 5.75 Å². The van der Waals surface area contributed by atoms with Gasteiger partial charge in [-0.05, 0) is 36.1 Å². The van der Waals surface area contributed by atoms with E-state index >= 15 is 0 Å². The lowest BCUT2D eigenvalue weighted by Crippen LogP contribution is -1.93. The molecule has 1 aromatic heterocycles. The zero-order valence-electron chi connectivity index (χ0n) is 9.32. The molecular formula is C13H12Cl2OS. The molecule has 4 heteroatoms. The first-order chi connectivity index (χ1) is 8.22. The summed E-state index contributed by atoms with van der Waals surface area (Å²) in [5.74, 6) is 0.859. The van der Waals surface area contributed by atoms with Crippen LogP contribution in [0.15, 0.2) is 35.7 Å². The molecule has 2 rings (SSSR count). The van der Waals surface area contributed by atoms with Crippen LogP contribution in [0.2, 0.25) is 5.02 Å². The van der Waals surface area contributed by atoms with E-state index in [0.717, 1.165) is 21.2 Å². The summed E-state index contributed by atoms with van der Waals surface area (Å²) in [7, 11) is 0. The van der Waals surface area contributed by atoms with Gasteiger partial charge in [0.1, 0.15) is 5.75 Å². The van der Waals surface area contributed by atoms with Crippen molar-refractivity contribution in [2.45, 2.75) is 12.3 Å². The Morgan fingerprint density at radius 1 is 1.24 bits per heavy atom. The maximum atomic E-state index is 6.39. The molecule has 0 aliphatic heterocycles. The smallest absolute Gasteiger partial charge is 0.119 e. The summed E-state index contributed by atoms with van der Waals surface area (Å²) in [6.07, 6.45) is 0. The molecule has 0 aliphatic rings. The van der Waals surface area contributed by atoms with Gasteiger partial charge < -0.3 is 4.74 Å². The number of thiophene rings is 1. The van der Waals surface area contributed by atoms with Crippen molar-refractivity contribution < 1.29 is 4.74 Å². The average molecular weight is 287 g/mol. The van der Waals surface area contributed by atoms with Gasteiger partial charge in [0.25, 0.3) is 0 Å². The molecule has 0 amide bonds. The topological polar surface area (TPSA) is 9.23 Å². The Bertz CT molecular complexity index is 478.